The van der Waals surface area contributed by atoms with Crippen molar-refractivity contribution in [2.24, 2.45) is 5.73 Å². The van der Waals surface area contributed by atoms with Crippen molar-refractivity contribution in [1.29, 1.82) is 0 Å². The van der Waals surface area contributed by atoms with E-state index in [1.165, 1.54) is 6.92 Å². The fraction of sp³-hybridized carbons (Fsp3) is 0.700. The Morgan fingerprint density at radius 2 is 2.20 bits per heavy atom. The van der Waals surface area contributed by atoms with Crippen molar-refractivity contribution < 1.29 is 11.0 Å². The number of Topliss-reactive ketones (excluding diaryl/α,β-unsaturated/α-hetero) is 1. The predicted octanol–water partition coefficient (Wildman–Crippen LogP) is 0.179. The fourth-order valence-corrected chi connectivity index (χ4v) is 4.73. The summed E-state index contributed by atoms with van der Waals surface area (Å²) in [7, 11) is -0.263. The minimum Gasteiger partial charge on any atom is -0.317 e. The molecule has 2 aliphatic heterocycles. The van der Waals surface area contributed by atoms with Crippen LogP contribution in [0.5, 0.6) is 0 Å². The van der Waals surface area contributed by atoms with Crippen molar-refractivity contribution in [3.63, 3.8) is 0 Å². The summed E-state index contributed by atoms with van der Waals surface area (Å²) >= 11 is 0. The van der Waals surface area contributed by atoms with Crippen LogP contribution >= 0.6 is 10.5 Å². The Morgan fingerprint density at radius 3 is 2.67 bits per heavy atom. The second-order valence-electron chi connectivity index (χ2n) is 4.71. The molecule has 2 fully saturated rings. The Kier molecular flexibility index (Phi) is 2.11. The van der Waals surface area contributed by atoms with Crippen LogP contribution in [0, 0.1) is 0 Å². The van der Waals surface area contributed by atoms with Gasteiger partial charge in [-0.1, -0.05) is 5.87 Å². The third kappa shape index (κ3) is 1.10. The zero-order valence-electron chi connectivity index (χ0n) is 9.19. The van der Waals surface area contributed by atoms with Crippen LogP contribution in [0.1, 0.15) is 22.2 Å². The summed E-state index contributed by atoms with van der Waals surface area (Å²) in [5.74, 6) is 4.02. The number of carbonyl (C=O) groups excluding carboxylic acids is 2. The fourth-order valence-electron chi connectivity index (χ4n) is 2.57. The predicted molar refractivity (Wildman–Crippen MR) is 64.0 cm³/mol. The number of nitrogens with zero attached hydrogens (tertiary/aromatic N) is 1. The highest BCUT2D eigenvalue weighted by Crippen LogP contribution is 2.54. The zero-order chi connectivity index (χ0) is 11.5. The number of rotatable bonds is 1. The minimum atomic E-state index is -0.450. The van der Waals surface area contributed by atoms with Gasteiger partial charge in [-0.25, -0.2) is 0 Å². The van der Waals surface area contributed by atoms with Crippen molar-refractivity contribution in [2.75, 3.05) is 0 Å². The van der Waals surface area contributed by atoms with E-state index in [1.807, 2.05) is 13.8 Å². The third-order valence-electron chi connectivity index (χ3n) is 3.41. The number of β-lactam (4-membered cyclic amide) rings is 1. The van der Waals surface area contributed by atoms with Crippen LogP contribution in [0.25, 0.3) is 0 Å². The summed E-state index contributed by atoms with van der Waals surface area (Å²) < 4.78 is -0.250. The SMILES string of the molecule is C=S1C2C(N)C(=O)N2C(C(C)=O)C1(C)C.[3HH]. The van der Waals surface area contributed by atoms with Crippen LogP contribution in [0.3, 0.4) is 0 Å². The van der Waals surface area contributed by atoms with E-state index < -0.39 is 6.04 Å². The number of nitrogens with two attached hydrogens (primary N) is 1. The number of amides is 1. The van der Waals surface area contributed by atoms with Gasteiger partial charge in [-0.05, 0) is 20.8 Å². The number of ketones is 1. The quantitative estimate of drug-likeness (QED) is 0.518. The van der Waals surface area contributed by atoms with Crippen molar-refractivity contribution in [1.82, 2.24) is 4.90 Å². The Hall–Kier alpha value is -0.680. The lowest BCUT2D eigenvalue weighted by Gasteiger charge is -2.42. The molecule has 5 heteroatoms. The van der Waals surface area contributed by atoms with Crippen LogP contribution in [0.15, 0.2) is 0 Å². The van der Waals surface area contributed by atoms with E-state index in [9.17, 15) is 9.59 Å². The molecular weight excluding hydrogens is 212 g/mol. The number of fused-ring (bicyclic) bond motifs is 1. The molecule has 0 aromatic heterocycles. The van der Waals surface area contributed by atoms with E-state index in [0.29, 0.717) is 0 Å². The summed E-state index contributed by atoms with van der Waals surface area (Å²) in [4.78, 5) is 24.8. The Labute approximate surface area is 93.2 Å². The summed E-state index contributed by atoms with van der Waals surface area (Å²) in [6.45, 7) is 5.52. The Morgan fingerprint density at radius 1 is 1.67 bits per heavy atom. The maximum atomic E-state index is 11.6. The first-order valence-electron chi connectivity index (χ1n) is 4.91. The molecule has 4 nitrogen and oxygen atoms in total. The lowest BCUT2D eigenvalue weighted by Crippen LogP contribution is -2.68. The van der Waals surface area contributed by atoms with Crippen LogP contribution in [0.2, 0.25) is 0 Å². The molecule has 2 heterocycles. The molecule has 0 aliphatic carbocycles. The largest absolute Gasteiger partial charge is 0.317 e. The van der Waals surface area contributed by atoms with Gasteiger partial charge in [-0.15, -0.1) is 0 Å². The summed E-state index contributed by atoms with van der Waals surface area (Å²) in [5.41, 5.74) is 5.75. The third-order valence-corrected chi connectivity index (χ3v) is 6.09. The number of carbonyl (C=O) groups is 2. The molecule has 0 bridgehead atoms. The lowest BCUT2D eigenvalue weighted by molar-refractivity contribution is -0.151. The standard InChI is InChI=1S/C10H16N2O2S.H2/c1-5(13)7-10(2,3)15(4)9-6(11)8(14)12(7)9;/h6-7,9H,4,11H2,1-3H3;1H/i;1+2. The molecule has 2 saturated heterocycles. The molecule has 1 amide bonds. The van der Waals surface area contributed by atoms with Gasteiger partial charge in [0, 0.05) is 6.17 Å². The molecule has 0 aromatic rings. The van der Waals surface area contributed by atoms with E-state index >= 15 is 0 Å². The first-order valence-corrected chi connectivity index (χ1v) is 6.37. The smallest absolute Gasteiger partial charge is 0.244 e. The molecule has 0 spiro atoms. The van der Waals surface area contributed by atoms with Gasteiger partial charge in [0.05, 0.1) is 5.37 Å². The molecule has 86 valence electrons. The highest BCUT2D eigenvalue weighted by Gasteiger charge is 2.62. The van der Waals surface area contributed by atoms with E-state index in [4.69, 9.17) is 5.73 Å². The molecule has 0 radical (unpaired) electrons. The second-order valence-corrected chi connectivity index (χ2v) is 7.10. The molecular formula is C10H18N2O2S. The van der Waals surface area contributed by atoms with Gasteiger partial charge in [0.15, 0.2) is 5.78 Å². The average Bonchev–Trinajstić information content (AvgIpc) is 2.32. The first-order chi connectivity index (χ1) is 6.80. The van der Waals surface area contributed by atoms with Gasteiger partial charge in [0.25, 0.3) is 0 Å². The highest BCUT2D eigenvalue weighted by atomic mass is 32.2. The van der Waals surface area contributed by atoms with Gasteiger partial charge < -0.3 is 10.6 Å². The maximum absolute atomic E-state index is 11.6. The minimum absolute atomic E-state index is 0. The lowest BCUT2D eigenvalue weighted by atomic mass is 9.94. The normalized spacial score (nSPS) is 42.4. The Balaban J connectivity index is 0.00000128. The van der Waals surface area contributed by atoms with Gasteiger partial charge in [0.2, 0.25) is 5.91 Å². The molecule has 2 N–H and O–H groups in total. The van der Waals surface area contributed by atoms with E-state index in [2.05, 4.69) is 5.87 Å². The average molecular weight is 232 g/mol. The van der Waals surface area contributed by atoms with E-state index in [0.717, 1.165) is 0 Å². The number of hydrogen-bond donors (Lipinski definition) is 1. The number of hydrogen-bond acceptors (Lipinski definition) is 3. The zero-order valence-corrected chi connectivity index (χ0v) is 10.0. The monoisotopic (exact) mass is 232 g/mol. The summed E-state index contributed by atoms with van der Waals surface area (Å²) in [5, 5.41) is -0.0265. The molecule has 2 aliphatic rings. The van der Waals surface area contributed by atoms with Crippen LogP contribution < -0.4 is 5.73 Å². The molecule has 4 atom stereocenters. The van der Waals surface area contributed by atoms with E-state index in [1.54, 1.807) is 4.90 Å². The van der Waals surface area contributed by atoms with Gasteiger partial charge in [-0.3, -0.25) is 9.59 Å². The summed E-state index contributed by atoms with van der Waals surface area (Å²) in [6.07, 6.45) is 0. The van der Waals surface area contributed by atoms with Gasteiger partial charge in [0.1, 0.15) is 12.1 Å². The van der Waals surface area contributed by atoms with Gasteiger partial charge >= 0.3 is 0 Å². The van der Waals surface area contributed by atoms with E-state index in [-0.39, 0.29) is 39.8 Å². The first kappa shape index (κ1) is 10.8. The highest BCUT2D eigenvalue weighted by molar-refractivity contribution is 8.16. The maximum Gasteiger partial charge on any atom is 0.244 e. The second kappa shape index (κ2) is 2.92. The van der Waals surface area contributed by atoms with Crippen molar-refractivity contribution in [2.45, 2.75) is 43.0 Å². The summed E-state index contributed by atoms with van der Waals surface area (Å²) in [6, 6.07) is -0.787. The molecule has 0 aromatic carbocycles. The van der Waals surface area contributed by atoms with Crippen LogP contribution in [-0.2, 0) is 9.59 Å². The van der Waals surface area contributed by atoms with Crippen LogP contribution in [0.4, 0.5) is 0 Å². The molecule has 0 saturated carbocycles. The van der Waals surface area contributed by atoms with Crippen molar-refractivity contribution >= 4 is 28.0 Å². The molecule has 15 heavy (non-hydrogen) atoms. The Bertz CT molecular complexity index is 383. The van der Waals surface area contributed by atoms with Crippen LogP contribution in [-0.4, -0.2) is 44.7 Å². The van der Waals surface area contributed by atoms with Gasteiger partial charge in [-0.2, -0.15) is 10.5 Å². The van der Waals surface area contributed by atoms with Crippen molar-refractivity contribution in [3.05, 3.63) is 0 Å². The topological polar surface area (TPSA) is 63.4 Å². The molecule has 4 unspecified atom stereocenters. The molecule has 2 rings (SSSR count). The van der Waals surface area contributed by atoms with Crippen molar-refractivity contribution in [3.8, 4) is 0 Å².